The van der Waals surface area contributed by atoms with Crippen molar-refractivity contribution in [1.29, 1.82) is 0 Å². The van der Waals surface area contributed by atoms with Crippen LogP contribution in [-0.4, -0.2) is 24.1 Å². The third-order valence-electron chi connectivity index (χ3n) is 3.11. The molecule has 0 amide bonds. The Hall–Kier alpha value is -1.09. The van der Waals surface area contributed by atoms with E-state index in [4.69, 9.17) is 0 Å². The third-order valence-corrected chi connectivity index (χ3v) is 3.11. The summed E-state index contributed by atoms with van der Waals surface area (Å²) in [4.78, 5) is 6.90. The molecule has 1 aromatic rings. The fraction of sp³-hybridized carbons (Fsp3) is 0.688. The summed E-state index contributed by atoms with van der Waals surface area (Å²) < 4.78 is 0. The lowest BCUT2D eigenvalue weighted by molar-refractivity contribution is 0.581. The lowest BCUT2D eigenvalue weighted by Gasteiger charge is -2.28. The Labute approximate surface area is 118 Å². The van der Waals surface area contributed by atoms with E-state index >= 15 is 0 Å². The van der Waals surface area contributed by atoms with E-state index in [0.717, 1.165) is 25.3 Å². The molecule has 1 N–H and O–H groups in total. The SMILES string of the molecule is CCN(CC(C)C)c1cc(C)ncc1CNC(C)C. The fourth-order valence-electron chi connectivity index (χ4n) is 2.16. The fourth-order valence-corrected chi connectivity index (χ4v) is 2.16. The predicted octanol–water partition coefficient (Wildman–Crippen LogP) is 3.37. The number of anilines is 1. The Morgan fingerprint density at radius 2 is 1.95 bits per heavy atom. The number of hydrogen-bond acceptors (Lipinski definition) is 3. The number of rotatable bonds is 7. The molecule has 0 radical (unpaired) electrons. The molecule has 1 aromatic heterocycles. The molecule has 3 heteroatoms. The molecule has 0 saturated carbocycles. The maximum atomic E-state index is 4.45. The lowest BCUT2D eigenvalue weighted by atomic mass is 10.1. The van der Waals surface area contributed by atoms with Gasteiger partial charge < -0.3 is 10.2 Å². The summed E-state index contributed by atoms with van der Waals surface area (Å²) in [5.41, 5.74) is 3.71. The summed E-state index contributed by atoms with van der Waals surface area (Å²) in [7, 11) is 0. The van der Waals surface area contributed by atoms with Gasteiger partial charge in [-0.15, -0.1) is 0 Å². The minimum absolute atomic E-state index is 0.495. The van der Waals surface area contributed by atoms with Gasteiger partial charge >= 0.3 is 0 Å². The largest absolute Gasteiger partial charge is 0.371 e. The van der Waals surface area contributed by atoms with Crippen molar-refractivity contribution >= 4 is 5.69 Å². The minimum Gasteiger partial charge on any atom is -0.371 e. The van der Waals surface area contributed by atoms with Gasteiger partial charge in [0.15, 0.2) is 0 Å². The highest BCUT2D eigenvalue weighted by Crippen LogP contribution is 2.22. The van der Waals surface area contributed by atoms with Crippen LogP contribution in [0.2, 0.25) is 0 Å². The van der Waals surface area contributed by atoms with E-state index in [9.17, 15) is 0 Å². The molecule has 0 aromatic carbocycles. The average Bonchev–Trinajstić information content (AvgIpc) is 2.34. The van der Waals surface area contributed by atoms with Gasteiger partial charge in [0, 0.05) is 48.8 Å². The highest BCUT2D eigenvalue weighted by molar-refractivity contribution is 5.53. The summed E-state index contributed by atoms with van der Waals surface area (Å²) in [5.74, 6) is 0.666. The maximum absolute atomic E-state index is 4.45. The summed E-state index contributed by atoms with van der Waals surface area (Å²) in [5, 5.41) is 3.49. The lowest BCUT2D eigenvalue weighted by Crippen LogP contribution is -2.30. The van der Waals surface area contributed by atoms with Crippen LogP contribution in [0.15, 0.2) is 12.3 Å². The second-order valence-corrected chi connectivity index (χ2v) is 5.92. The van der Waals surface area contributed by atoms with Gasteiger partial charge in [0.25, 0.3) is 0 Å². The minimum atomic E-state index is 0.495. The zero-order valence-electron chi connectivity index (χ0n) is 13.3. The molecule has 1 heterocycles. The molecule has 0 bridgehead atoms. The van der Waals surface area contributed by atoms with E-state index in [1.165, 1.54) is 11.3 Å². The summed E-state index contributed by atoms with van der Waals surface area (Å²) in [6.07, 6.45) is 2.02. The standard InChI is InChI=1S/C16H29N3/c1-7-19(11-12(2)3)16-8-14(6)18-10-15(16)9-17-13(4)5/h8,10,12-13,17H,7,9,11H2,1-6H3. The van der Waals surface area contributed by atoms with Crippen LogP contribution < -0.4 is 10.2 Å². The Morgan fingerprint density at radius 1 is 1.26 bits per heavy atom. The van der Waals surface area contributed by atoms with E-state index in [-0.39, 0.29) is 0 Å². The van der Waals surface area contributed by atoms with E-state index in [2.05, 4.69) is 62.8 Å². The molecular formula is C16H29N3. The first-order valence-electron chi connectivity index (χ1n) is 7.37. The van der Waals surface area contributed by atoms with Crippen LogP contribution in [-0.2, 0) is 6.54 Å². The highest BCUT2D eigenvalue weighted by atomic mass is 15.1. The zero-order chi connectivity index (χ0) is 14.4. The number of pyridine rings is 1. The van der Waals surface area contributed by atoms with Crippen molar-refractivity contribution in [2.24, 2.45) is 5.92 Å². The van der Waals surface area contributed by atoms with Crippen LogP contribution in [0, 0.1) is 12.8 Å². The molecule has 0 saturated heterocycles. The second kappa shape index (κ2) is 7.49. The van der Waals surface area contributed by atoms with Gasteiger partial charge in [0.05, 0.1) is 0 Å². The molecule has 0 aliphatic carbocycles. The number of aromatic nitrogens is 1. The molecule has 1 rings (SSSR count). The number of aryl methyl sites for hydroxylation is 1. The molecule has 19 heavy (non-hydrogen) atoms. The first-order chi connectivity index (χ1) is 8.93. The Balaban J connectivity index is 2.97. The van der Waals surface area contributed by atoms with Crippen LogP contribution in [0.5, 0.6) is 0 Å². The van der Waals surface area contributed by atoms with Gasteiger partial charge in [0.1, 0.15) is 0 Å². The summed E-state index contributed by atoms with van der Waals surface area (Å²) >= 11 is 0. The van der Waals surface area contributed by atoms with Gasteiger partial charge in [-0.3, -0.25) is 4.98 Å². The van der Waals surface area contributed by atoms with Crippen LogP contribution in [0.4, 0.5) is 5.69 Å². The highest BCUT2D eigenvalue weighted by Gasteiger charge is 2.12. The van der Waals surface area contributed by atoms with E-state index < -0.39 is 0 Å². The molecule has 0 fully saturated rings. The van der Waals surface area contributed by atoms with E-state index in [0.29, 0.717) is 12.0 Å². The smallest absolute Gasteiger partial charge is 0.0445 e. The Kier molecular flexibility index (Phi) is 6.29. The van der Waals surface area contributed by atoms with Gasteiger partial charge in [-0.2, -0.15) is 0 Å². The van der Waals surface area contributed by atoms with Gasteiger partial charge in [0.2, 0.25) is 0 Å². The third kappa shape index (κ3) is 5.19. The van der Waals surface area contributed by atoms with Gasteiger partial charge in [-0.25, -0.2) is 0 Å². The Morgan fingerprint density at radius 3 is 2.47 bits per heavy atom. The molecular weight excluding hydrogens is 234 g/mol. The topological polar surface area (TPSA) is 28.2 Å². The molecule has 3 nitrogen and oxygen atoms in total. The van der Waals surface area contributed by atoms with Crippen LogP contribution in [0.3, 0.4) is 0 Å². The van der Waals surface area contributed by atoms with Gasteiger partial charge in [-0.05, 0) is 25.8 Å². The molecule has 0 aliphatic rings. The first kappa shape index (κ1) is 16.0. The normalized spacial score (nSPS) is 11.4. The molecule has 0 atom stereocenters. The van der Waals surface area contributed by atoms with E-state index in [1.54, 1.807) is 0 Å². The van der Waals surface area contributed by atoms with Crippen molar-refractivity contribution in [2.75, 3.05) is 18.0 Å². The van der Waals surface area contributed by atoms with Crippen molar-refractivity contribution in [2.45, 2.75) is 54.1 Å². The first-order valence-corrected chi connectivity index (χ1v) is 7.37. The second-order valence-electron chi connectivity index (χ2n) is 5.92. The van der Waals surface area contributed by atoms with Gasteiger partial charge in [-0.1, -0.05) is 27.7 Å². The zero-order valence-corrected chi connectivity index (χ0v) is 13.3. The van der Waals surface area contributed by atoms with E-state index in [1.807, 2.05) is 6.20 Å². The maximum Gasteiger partial charge on any atom is 0.0445 e. The van der Waals surface area contributed by atoms with Crippen LogP contribution in [0.25, 0.3) is 0 Å². The quantitative estimate of drug-likeness (QED) is 0.817. The van der Waals surface area contributed by atoms with Crippen LogP contribution >= 0.6 is 0 Å². The van der Waals surface area contributed by atoms with Crippen molar-refractivity contribution in [3.05, 3.63) is 23.5 Å². The summed E-state index contributed by atoms with van der Waals surface area (Å²) in [6, 6.07) is 2.71. The molecule has 0 aliphatic heterocycles. The average molecular weight is 263 g/mol. The monoisotopic (exact) mass is 263 g/mol. The molecule has 0 unspecified atom stereocenters. The van der Waals surface area contributed by atoms with Crippen LogP contribution in [0.1, 0.15) is 45.9 Å². The van der Waals surface area contributed by atoms with Crippen molar-refractivity contribution in [1.82, 2.24) is 10.3 Å². The molecule has 108 valence electrons. The number of hydrogen-bond donors (Lipinski definition) is 1. The Bertz CT molecular complexity index is 386. The number of nitrogens with zero attached hydrogens (tertiary/aromatic N) is 2. The number of nitrogens with one attached hydrogen (secondary N) is 1. The molecule has 0 spiro atoms. The van der Waals surface area contributed by atoms with Crippen molar-refractivity contribution in [3.63, 3.8) is 0 Å². The van der Waals surface area contributed by atoms with Crippen molar-refractivity contribution in [3.8, 4) is 0 Å². The predicted molar refractivity (Wildman–Crippen MR) is 83.7 cm³/mol. The van der Waals surface area contributed by atoms with Crippen molar-refractivity contribution < 1.29 is 0 Å². The summed E-state index contributed by atoms with van der Waals surface area (Å²) in [6.45, 7) is 16.2.